The van der Waals surface area contributed by atoms with Crippen molar-refractivity contribution in [1.82, 2.24) is 5.43 Å². The minimum absolute atomic E-state index is 0.357. The van der Waals surface area contributed by atoms with Gasteiger partial charge in [0.05, 0.1) is 10.5 Å². The van der Waals surface area contributed by atoms with Gasteiger partial charge in [-0.2, -0.15) is 0 Å². The highest BCUT2D eigenvalue weighted by molar-refractivity contribution is 9.10. The van der Waals surface area contributed by atoms with Crippen molar-refractivity contribution < 1.29 is 4.39 Å². The fourth-order valence-corrected chi connectivity index (χ4v) is 2.65. The Bertz CT molecular complexity index is 602. The molecule has 0 aromatic heterocycles. The molecule has 2 aromatic carbocycles. The zero-order valence-electron chi connectivity index (χ0n) is 9.83. The number of hydrogen-bond acceptors (Lipinski definition) is 3. The summed E-state index contributed by atoms with van der Waals surface area (Å²) >= 11 is 6.54. The van der Waals surface area contributed by atoms with Gasteiger partial charge in [-0.3, -0.25) is 5.84 Å². The van der Waals surface area contributed by atoms with E-state index in [9.17, 15) is 4.39 Å². The minimum Gasteiger partial charge on any atom is -0.398 e. The molecule has 0 fully saturated rings. The van der Waals surface area contributed by atoms with Gasteiger partial charge in [0, 0.05) is 15.7 Å². The van der Waals surface area contributed by atoms with Crippen LogP contribution in [0.2, 0.25) is 0 Å². The highest BCUT2D eigenvalue weighted by atomic mass is 79.9. The minimum atomic E-state index is -0.519. The molecule has 100 valence electrons. The maximum Gasteiger partial charge on any atom is 0.142 e. The van der Waals surface area contributed by atoms with E-state index in [-0.39, 0.29) is 5.82 Å². The van der Waals surface area contributed by atoms with E-state index in [4.69, 9.17) is 11.6 Å². The van der Waals surface area contributed by atoms with Gasteiger partial charge in [0.1, 0.15) is 5.82 Å². The van der Waals surface area contributed by atoms with E-state index in [0.29, 0.717) is 21.3 Å². The largest absolute Gasteiger partial charge is 0.398 e. The van der Waals surface area contributed by atoms with Crippen molar-refractivity contribution in [2.24, 2.45) is 5.84 Å². The smallest absolute Gasteiger partial charge is 0.142 e. The molecule has 0 saturated carbocycles. The van der Waals surface area contributed by atoms with Crippen LogP contribution in [0.4, 0.5) is 10.1 Å². The molecular weight excluding hydrogens is 377 g/mol. The average Bonchev–Trinajstić information content (AvgIpc) is 2.39. The van der Waals surface area contributed by atoms with Crippen LogP contribution >= 0.6 is 31.9 Å². The Labute approximate surface area is 127 Å². The zero-order chi connectivity index (χ0) is 14.0. The van der Waals surface area contributed by atoms with Crippen LogP contribution < -0.4 is 17.0 Å². The van der Waals surface area contributed by atoms with Gasteiger partial charge in [0.25, 0.3) is 0 Å². The second kappa shape index (κ2) is 6.00. The molecule has 5 N–H and O–H groups in total. The summed E-state index contributed by atoms with van der Waals surface area (Å²) in [6.45, 7) is 0. The highest BCUT2D eigenvalue weighted by Crippen LogP contribution is 2.32. The molecule has 1 unspecified atom stereocenters. The Kier molecular flexibility index (Phi) is 4.57. The van der Waals surface area contributed by atoms with Crippen LogP contribution in [0.5, 0.6) is 0 Å². The lowest BCUT2D eigenvalue weighted by molar-refractivity contribution is 0.556. The van der Waals surface area contributed by atoms with E-state index < -0.39 is 6.04 Å². The molecule has 0 radical (unpaired) electrons. The molecule has 0 bridgehead atoms. The normalized spacial score (nSPS) is 12.4. The summed E-state index contributed by atoms with van der Waals surface area (Å²) in [7, 11) is 0. The quantitative estimate of drug-likeness (QED) is 0.428. The molecule has 0 amide bonds. The van der Waals surface area contributed by atoms with E-state index in [1.165, 1.54) is 0 Å². The van der Waals surface area contributed by atoms with Crippen LogP contribution in [-0.2, 0) is 0 Å². The second-order valence-electron chi connectivity index (χ2n) is 4.02. The molecule has 0 aliphatic heterocycles. The number of rotatable bonds is 3. The third kappa shape index (κ3) is 2.97. The molecule has 6 heteroatoms. The highest BCUT2D eigenvalue weighted by Gasteiger charge is 2.20. The Balaban J connectivity index is 2.56. The summed E-state index contributed by atoms with van der Waals surface area (Å²) in [5.41, 5.74) is 10.2. The molecule has 0 aliphatic carbocycles. The lowest BCUT2D eigenvalue weighted by atomic mass is 9.97. The van der Waals surface area contributed by atoms with Crippen molar-refractivity contribution in [3.05, 3.63) is 62.3 Å². The summed E-state index contributed by atoms with van der Waals surface area (Å²) in [4.78, 5) is 0. The first-order valence-electron chi connectivity index (χ1n) is 5.49. The van der Waals surface area contributed by atoms with Crippen LogP contribution in [0.15, 0.2) is 45.3 Å². The molecule has 0 saturated heterocycles. The van der Waals surface area contributed by atoms with Crippen LogP contribution in [-0.4, -0.2) is 0 Å². The maximum atomic E-state index is 14.2. The number of benzene rings is 2. The molecule has 0 heterocycles. The van der Waals surface area contributed by atoms with E-state index in [1.807, 2.05) is 12.1 Å². The fourth-order valence-electron chi connectivity index (χ4n) is 1.89. The van der Waals surface area contributed by atoms with Gasteiger partial charge in [-0.1, -0.05) is 28.1 Å². The first kappa shape index (κ1) is 14.5. The molecule has 0 spiro atoms. The topological polar surface area (TPSA) is 64.1 Å². The molecule has 1 atom stereocenters. The van der Waals surface area contributed by atoms with Crippen molar-refractivity contribution >= 4 is 37.5 Å². The van der Waals surface area contributed by atoms with Crippen molar-refractivity contribution in [2.45, 2.75) is 6.04 Å². The van der Waals surface area contributed by atoms with Crippen molar-refractivity contribution in [3.8, 4) is 0 Å². The lowest BCUT2D eigenvalue weighted by Gasteiger charge is -2.20. The average molecular weight is 389 g/mol. The fraction of sp³-hybridized carbons (Fsp3) is 0.0769. The third-order valence-electron chi connectivity index (χ3n) is 2.82. The number of anilines is 1. The molecule has 2 aromatic rings. The Hall–Kier alpha value is -0.950. The molecule has 0 aliphatic rings. The number of hydrazine groups is 1. The summed E-state index contributed by atoms with van der Waals surface area (Å²) in [6.07, 6.45) is 0. The van der Waals surface area contributed by atoms with Crippen molar-refractivity contribution in [3.63, 3.8) is 0 Å². The summed E-state index contributed by atoms with van der Waals surface area (Å²) < 4.78 is 15.4. The number of nitrogen functional groups attached to an aromatic ring is 1. The molecule has 3 nitrogen and oxygen atoms in total. The number of nitrogens with two attached hydrogens (primary N) is 2. The van der Waals surface area contributed by atoms with Crippen LogP contribution in [0.1, 0.15) is 17.2 Å². The number of hydrogen-bond donors (Lipinski definition) is 3. The standard InChI is InChI=1S/C13H12Br2FN3/c14-7-4-5-11(17)9(6-7)13(19-18)8-2-1-3-10(15)12(8)16/h1-6,13,19H,17-18H2. The van der Waals surface area contributed by atoms with Gasteiger partial charge >= 0.3 is 0 Å². The molecule has 19 heavy (non-hydrogen) atoms. The number of halogens is 3. The van der Waals surface area contributed by atoms with Gasteiger partial charge < -0.3 is 5.73 Å². The predicted octanol–water partition coefficient (Wildman–Crippen LogP) is 3.49. The first-order chi connectivity index (χ1) is 9.04. The van der Waals surface area contributed by atoms with Gasteiger partial charge in [0.15, 0.2) is 0 Å². The van der Waals surface area contributed by atoms with Crippen molar-refractivity contribution in [1.29, 1.82) is 0 Å². The first-order valence-corrected chi connectivity index (χ1v) is 7.08. The Morgan fingerprint density at radius 1 is 1.11 bits per heavy atom. The van der Waals surface area contributed by atoms with Crippen LogP contribution in [0.3, 0.4) is 0 Å². The summed E-state index contributed by atoms with van der Waals surface area (Å²) in [6, 6.07) is 9.93. The monoisotopic (exact) mass is 387 g/mol. The van der Waals surface area contributed by atoms with Gasteiger partial charge in [-0.05, 0) is 45.8 Å². The SMILES string of the molecule is NNC(c1cc(Br)ccc1N)c1cccc(Br)c1F. The third-order valence-corrected chi connectivity index (χ3v) is 3.92. The molecular formula is C13H12Br2FN3. The van der Waals surface area contributed by atoms with Crippen LogP contribution in [0, 0.1) is 5.82 Å². The summed E-state index contributed by atoms with van der Waals surface area (Å²) in [5.74, 6) is 5.22. The number of nitrogens with one attached hydrogen (secondary N) is 1. The van der Waals surface area contributed by atoms with E-state index in [2.05, 4.69) is 37.3 Å². The van der Waals surface area contributed by atoms with E-state index in [1.54, 1.807) is 24.3 Å². The van der Waals surface area contributed by atoms with Gasteiger partial charge in [0.2, 0.25) is 0 Å². The predicted molar refractivity (Wildman–Crippen MR) is 81.8 cm³/mol. The van der Waals surface area contributed by atoms with Gasteiger partial charge in [-0.15, -0.1) is 0 Å². The van der Waals surface area contributed by atoms with E-state index in [0.717, 1.165) is 4.47 Å². The van der Waals surface area contributed by atoms with Crippen LogP contribution in [0.25, 0.3) is 0 Å². The zero-order valence-corrected chi connectivity index (χ0v) is 13.0. The van der Waals surface area contributed by atoms with Gasteiger partial charge in [-0.25, -0.2) is 9.82 Å². The molecule has 2 rings (SSSR count). The Morgan fingerprint density at radius 3 is 2.53 bits per heavy atom. The lowest BCUT2D eigenvalue weighted by Crippen LogP contribution is -2.30. The summed E-state index contributed by atoms with van der Waals surface area (Å²) in [5, 5.41) is 0. The maximum absolute atomic E-state index is 14.2. The van der Waals surface area contributed by atoms with E-state index >= 15 is 0 Å². The Morgan fingerprint density at radius 2 is 1.84 bits per heavy atom. The van der Waals surface area contributed by atoms with Crippen molar-refractivity contribution in [2.75, 3.05) is 5.73 Å². The second-order valence-corrected chi connectivity index (χ2v) is 5.79.